The number of ether oxygens (including phenoxy) is 3. The second kappa shape index (κ2) is 7.49. The molecule has 0 saturated carbocycles. The first-order valence-corrected chi connectivity index (χ1v) is 6.64. The molecule has 0 aliphatic carbocycles. The van der Waals surface area contributed by atoms with Gasteiger partial charge in [0.1, 0.15) is 5.75 Å². The molecule has 7 heteroatoms. The van der Waals surface area contributed by atoms with Crippen molar-refractivity contribution >= 4 is 17.6 Å². The first-order valence-electron chi connectivity index (χ1n) is 6.64. The van der Waals surface area contributed by atoms with E-state index in [1.165, 1.54) is 0 Å². The topological polar surface area (TPSA) is 91.1 Å². The molecule has 1 fully saturated rings. The smallest absolute Gasteiger partial charge is 0.344 e. The van der Waals surface area contributed by atoms with Crippen LogP contribution in [0, 0.1) is 0 Å². The summed E-state index contributed by atoms with van der Waals surface area (Å²) in [5.74, 6) is -0.346. The van der Waals surface area contributed by atoms with Crippen molar-refractivity contribution in [3.63, 3.8) is 0 Å². The van der Waals surface area contributed by atoms with Gasteiger partial charge in [0.15, 0.2) is 13.2 Å². The first kappa shape index (κ1) is 15.1. The Morgan fingerprint density at radius 2 is 2.00 bits per heavy atom. The summed E-state index contributed by atoms with van der Waals surface area (Å²) in [7, 11) is 0. The van der Waals surface area contributed by atoms with Crippen LogP contribution in [0.4, 0.5) is 5.69 Å². The molecule has 0 spiro atoms. The Bertz CT molecular complexity index is 500. The molecule has 2 N–H and O–H groups in total. The summed E-state index contributed by atoms with van der Waals surface area (Å²) in [5, 5.41) is 0. The van der Waals surface area contributed by atoms with Crippen LogP contribution in [0.15, 0.2) is 24.3 Å². The number of carbonyl (C=O) groups is 2. The zero-order valence-electron chi connectivity index (χ0n) is 11.6. The fourth-order valence-corrected chi connectivity index (χ4v) is 1.83. The van der Waals surface area contributed by atoms with Crippen LogP contribution < -0.4 is 10.5 Å². The van der Waals surface area contributed by atoms with Gasteiger partial charge >= 0.3 is 5.97 Å². The Hall–Kier alpha value is -2.28. The number of carbonyl (C=O) groups excluding carboxylic acids is 2. The van der Waals surface area contributed by atoms with E-state index in [0.29, 0.717) is 37.7 Å². The molecule has 0 atom stereocenters. The summed E-state index contributed by atoms with van der Waals surface area (Å²) >= 11 is 0. The molecule has 7 nitrogen and oxygen atoms in total. The summed E-state index contributed by atoms with van der Waals surface area (Å²) in [5.41, 5.74) is 6.13. The summed E-state index contributed by atoms with van der Waals surface area (Å²) in [6, 6.07) is 6.72. The number of rotatable bonds is 5. The van der Waals surface area contributed by atoms with E-state index in [1.807, 2.05) is 0 Å². The highest BCUT2D eigenvalue weighted by Gasteiger charge is 2.18. The fourth-order valence-electron chi connectivity index (χ4n) is 1.83. The normalized spacial score (nSPS) is 14.6. The van der Waals surface area contributed by atoms with Crippen molar-refractivity contribution in [2.45, 2.75) is 0 Å². The second-order valence-corrected chi connectivity index (χ2v) is 4.52. The Balaban J connectivity index is 1.68. The van der Waals surface area contributed by atoms with Crippen LogP contribution in [0.2, 0.25) is 0 Å². The lowest BCUT2D eigenvalue weighted by Gasteiger charge is -2.26. The van der Waals surface area contributed by atoms with E-state index < -0.39 is 5.97 Å². The van der Waals surface area contributed by atoms with Crippen molar-refractivity contribution in [2.24, 2.45) is 0 Å². The number of esters is 1. The maximum atomic E-state index is 11.8. The Labute approximate surface area is 122 Å². The Kier molecular flexibility index (Phi) is 5.39. The molecule has 0 bridgehead atoms. The molecule has 1 aliphatic heterocycles. The average molecular weight is 294 g/mol. The third kappa shape index (κ3) is 4.96. The number of hydrogen-bond acceptors (Lipinski definition) is 6. The molecule has 1 heterocycles. The highest BCUT2D eigenvalue weighted by atomic mass is 16.6. The zero-order chi connectivity index (χ0) is 15.1. The number of benzene rings is 1. The van der Waals surface area contributed by atoms with Gasteiger partial charge in [-0.1, -0.05) is 6.07 Å². The molecule has 1 amide bonds. The Morgan fingerprint density at radius 1 is 1.24 bits per heavy atom. The van der Waals surface area contributed by atoms with Crippen LogP contribution >= 0.6 is 0 Å². The third-order valence-corrected chi connectivity index (χ3v) is 2.94. The van der Waals surface area contributed by atoms with Crippen LogP contribution in [0.3, 0.4) is 0 Å². The molecule has 0 radical (unpaired) electrons. The molecule has 0 unspecified atom stereocenters. The maximum Gasteiger partial charge on any atom is 0.344 e. The molecule has 1 aliphatic rings. The van der Waals surface area contributed by atoms with Crippen LogP contribution in [0.25, 0.3) is 0 Å². The van der Waals surface area contributed by atoms with Crippen LogP contribution in [0.5, 0.6) is 5.75 Å². The quantitative estimate of drug-likeness (QED) is 0.609. The number of nitrogens with zero attached hydrogens (tertiary/aromatic N) is 1. The van der Waals surface area contributed by atoms with Gasteiger partial charge in [-0.25, -0.2) is 4.79 Å². The number of hydrogen-bond donors (Lipinski definition) is 1. The van der Waals surface area contributed by atoms with Crippen molar-refractivity contribution < 1.29 is 23.8 Å². The number of nitrogen functional groups attached to an aromatic ring is 1. The van der Waals surface area contributed by atoms with Crippen molar-refractivity contribution in [2.75, 3.05) is 45.3 Å². The molecular weight excluding hydrogens is 276 g/mol. The number of nitrogens with two attached hydrogens (primary N) is 1. The lowest BCUT2D eigenvalue weighted by Crippen LogP contribution is -2.42. The van der Waals surface area contributed by atoms with E-state index in [-0.39, 0.29) is 19.1 Å². The first-order chi connectivity index (χ1) is 10.1. The molecule has 21 heavy (non-hydrogen) atoms. The molecule has 1 saturated heterocycles. The zero-order valence-corrected chi connectivity index (χ0v) is 11.6. The predicted molar refractivity (Wildman–Crippen MR) is 74.7 cm³/mol. The third-order valence-electron chi connectivity index (χ3n) is 2.94. The van der Waals surface area contributed by atoms with Gasteiger partial charge in [-0.2, -0.15) is 0 Å². The Morgan fingerprint density at radius 3 is 2.71 bits per heavy atom. The van der Waals surface area contributed by atoms with Crippen LogP contribution in [0.1, 0.15) is 0 Å². The van der Waals surface area contributed by atoms with E-state index >= 15 is 0 Å². The van der Waals surface area contributed by atoms with Gasteiger partial charge < -0.3 is 24.8 Å². The van der Waals surface area contributed by atoms with Crippen molar-refractivity contribution in [1.82, 2.24) is 4.90 Å². The summed E-state index contributed by atoms with van der Waals surface area (Å²) in [4.78, 5) is 24.9. The van der Waals surface area contributed by atoms with Gasteiger partial charge in [0.25, 0.3) is 5.91 Å². The standard InChI is InChI=1S/C14H18N2O5/c15-11-2-1-3-12(8-11)20-10-14(18)21-9-13(17)16-4-6-19-7-5-16/h1-3,8H,4-7,9-10,15H2. The van der Waals surface area contributed by atoms with E-state index in [1.54, 1.807) is 29.2 Å². The summed E-state index contributed by atoms with van der Waals surface area (Å²) in [6.07, 6.45) is 0. The molecule has 1 aromatic carbocycles. The predicted octanol–water partition coefficient (Wildman–Crippen LogP) is 0.0496. The van der Waals surface area contributed by atoms with Gasteiger partial charge in [-0.05, 0) is 12.1 Å². The molecule has 2 rings (SSSR count). The number of amides is 1. The summed E-state index contributed by atoms with van der Waals surface area (Å²) in [6.45, 7) is 1.53. The number of anilines is 1. The van der Waals surface area contributed by atoms with Crippen LogP contribution in [-0.4, -0.2) is 56.3 Å². The van der Waals surface area contributed by atoms with Crippen molar-refractivity contribution in [3.8, 4) is 5.75 Å². The lowest BCUT2D eigenvalue weighted by atomic mass is 10.3. The van der Waals surface area contributed by atoms with E-state index in [2.05, 4.69) is 0 Å². The van der Waals surface area contributed by atoms with Crippen molar-refractivity contribution in [3.05, 3.63) is 24.3 Å². The van der Waals surface area contributed by atoms with Gasteiger partial charge in [-0.15, -0.1) is 0 Å². The monoisotopic (exact) mass is 294 g/mol. The highest BCUT2D eigenvalue weighted by Crippen LogP contribution is 2.14. The number of morpholine rings is 1. The maximum absolute atomic E-state index is 11.8. The SMILES string of the molecule is Nc1cccc(OCC(=O)OCC(=O)N2CCOCC2)c1. The molecule has 114 valence electrons. The van der Waals surface area contributed by atoms with Crippen LogP contribution in [-0.2, 0) is 19.1 Å². The minimum Gasteiger partial charge on any atom is -0.482 e. The highest BCUT2D eigenvalue weighted by molar-refractivity contribution is 5.81. The summed E-state index contributed by atoms with van der Waals surface area (Å²) < 4.78 is 15.2. The van der Waals surface area contributed by atoms with Gasteiger partial charge in [0.05, 0.1) is 13.2 Å². The second-order valence-electron chi connectivity index (χ2n) is 4.52. The van der Waals surface area contributed by atoms with Gasteiger partial charge in [0.2, 0.25) is 0 Å². The minimum absolute atomic E-state index is 0.226. The van der Waals surface area contributed by atoms with Gasteiger partial charge in [0, 0.05) is 24.8 Å². The van der Waals surface area contributed by atoms with E-state index in [9.17, 15) is 9.59 Å². The molecular formula is C14H18N2O5. The van der Waals surface area contributed by atoms with Gasteiger partial charge in [-0.3, -0.25) is 4.79 Å². The lowest BCUT2D eigenvalue weighted by molar-refractivity contribution is -0.155. The largest absolute Gasteiger partial charge is 0.482 e. The van der Waals surface area contributed by atoms with E-state index in [4.69, 9.17) is 19.9 Å². The molecule has 0 aromatic heterocycles. The van der Waals surface area contributed by atoms with Crippen molar-refractivity contribution in [1.29, 1.82) is 0 Å². The minimum atomic E-state index is -0.598. The average Bonchev–Trinajstić information content (AvgIpc) is 2.51. The fraction of sp³-hybridized carbons (Fsp3) is 0.429. The molecule has 1 aromatic rings. The van der Waals surface area contributed by atoms with E-state index in [0.717, 1.165) is 0 Å².